The summed E-state index contributed by atoms with van der Waals surface area (Å²) in [5.41, 5.74) is 5.21. The minimum absolute atomic E-state index is 0.113. The van der Waals surface area contributed by atoms with Crippen molar-refractivity contribution in [2.45, 2.75) is 20.3 Å². The fraction of sp³-hybridized carbons (Fsp3) is 0.292. The van der Waals surface area contributed by atoms with Gasteiger partial charge in [-0.05, 0) is 37.0 Å². The Kier molecular flexibility index (Phi) is 6.48. The minimum Gasteiger partial charge on any atom is -0.480 e. The predicted molar refractivity (Wildman–Crippen MR) is 124 cm³/mol. The van der Waals surface area contributed by atoms with Crippen molar-refractivity contribution < 1.29 is 14.3 Å². The van der Waals surface area contributed by atoms with Crippen molar-refractivity contribution in [2.75, 3.05) is 20.3 Å². The topological polar surface area (TPSA) is 104 Å². The van der Waals surface area contributed by atoms with Gasteiger partial charge >= 0.3 is 0 Å². The predicted octanol–water partition coefficient (Wildman–Crippen LogP) is 2.79. The third-order valence-corrected chi connectivity index (χ3v) is 5.36. The molecule has 0 radical (unpaired) electrons. The number of fused-ring (bicyclic) bond motifs is 1. The number of aromatic nitrogens is 5. The molecule has 0 saturated heterocycles. The smallest absolute Gasteiger partial charge is 0.258 e. The first-order chi connectivity index (χ1) is 16.0. The van der Waals surface area contributed by atoms with Crippen molar-refractivity contribution in [3.63, 3.8) is 0 Å². The molecule has 1 N–H and O–H groups in total. The summed E-state index contributed by atoms with van der Waals surface area (Å²) in [6.45, 7) is 4.44. The van der Waals surface area contributed by atoms with E-state index in [4.69, 9.17) is 9.47 Å². The number of pyridine rings is 1. The maximum Gasteiger partial charge on any atom is 0.258 e. The fourth-order valence-electron chi connectivity index (χ4n) is 3.63. The molecule has 0 unspecified atom stereocenters. The third kappa shape index (κ3) is 4.92. The lowest BCUT2D eigenvalue weighted by molar-refractivity contribution is -0.123. The monoisotopic (exact) mass is 446 g/mol. The Morgan fingerprint density at radius 2 is 1.91 bits per heavy atom. The number of ether oxygens (including phenoxy) is 2. The van der Waals surface area contributed by atoms with E-state index in [0.717, 1.165) is 17.4 Å². The van der Waals surface area contributed by atoms with E-state index in [-0.39, 0.29) is 12.5 Å². The van der Waals surface area contributed by atoms with Crippen LogP contribution in [-0.4, -0.2) is 50.9 Å². The number of hydrogen-bond donors (Lipinski definition) is 1. The van der Waals surface area contributed by atoms with Crippen LogP contribution in [0, 0.1) is 13.8 Å². The molecule has 4 rings (SSSR count). The van der Waals surface area contributed by atoms with Crippen molar-refractivity contribution in [3.8, 4) is 23.1 Å². The summed E-state index contributed by atoms with van der Waals surface area (Å²) in [4.78, 5) is 25.4. The lowest BCUT2D eigenvalue weighted by atomic mass is 10.1. The SMILES string of the molecule is COc1cncc(-c2nn(C)c3nc(OCC(=O)NCCc4ccccc4C)cc(C)c23)n1. The van der Waals surface area contributed by atoms with Crippen LogP contribution in [0.4, 0.5) is 0 Å². The van der Waals surface area contributed by atoms with Gasteiger partial charge in [0.1, 0.15) is 11.4 Å². The number of benzene rings is 1. The molecule has 0 bridgehead atoms. The van der Waals surface area contributed by atoms with Gasteiger partial charge in [-0.1, -0.05) is 24.3 Å². The minimum atomic E-state index is -0.194. The van der Waals surface area contributed by atoms with E-state index >= 15 is 0 Å². The number of methoxy groups -OCH3 is 1. The second-order valence-corrected chi connectivity index (χ2v) is 7.71. The summed E-state index contributed by atoms with van der Waals surface area (Å²) in [5.74, 6) is 0.575. The van der Waals surface area contributed by atoms with E-state index < -0.39 is 0 Å². The quantitative estimate of drug-likeness (QED) is 0.444. The highest BCUT2D eigenvalue weighted by Crippen LogP contribution is 2.30. The molecular weight excluding hydrogens is 420 g/mol. The number of amides is 1. The first-order valence-corrected chi connectivity index (χ1v) is 10.6. The molecular formula is C24H26N6O3. The molecule has 0 aliphatic carbocycles. The number of rotatable bonds is 8. The molecule has 33 heavy (non-hydrogen) atoms. The highest BCUT2D eigenvalue weighted by Gasteiger charge is 2.18. The van der Waals surface area contributed by atoms with Crippen LogP contribution >= 0.6 is 0 Å². The molecule has 0 fully saturated rings. The molecule has 0 atom stereocenters. The zero-order valence-electron chi connectivity index (χ0n) is 19.1. The van der Waals surface area contributed by atoms with E-state index in [1.54, 1.807) is 31.1 Å². The maximum atomic E-state index is 12.2. The van der Waals surface area contributed by atoms with Gasteiger partial charge in [0.2, 0.25) is 11.8 Å². The molecule has 0 aliphatic heterocycles. The Labute approximate surface area is 191 Å². The standard InChI is InChI=1S/C24H26N6O3/c1-15-7-5-6-8-17(15)9-10-26-19(31)14-33-20-11-16(2)22-23(29-30(3)24(22)28-20)18-12-25-13-21(27-18)32-4/h5-8,11-13H,9-10,14H2,1-4H3,(H,26,31). The summed E-state index contributed by atoms with van der Waals surface area (Å²) in [7, 11) is 3.34. The summed E-state index contributed by atoms with van der Waals surface area (Å²) >= 11 is 0. The summed E-state index contributed by atoms with van der Waals surface area (Å²) in [5, 5.41) is 8.30. The van der Waals surface area contributed by atoms with Crippen molar-refractivity contribution in [1.29, 1.82) is 0 Å². The summed E-state index contributed by atoms with van der Waals surface area (Å²) < 4.78 is 12.5. The average molecular weight is 447 g/mol. The Balaban J connectivity index is 1.44. The van der Waals surface area contributed by atoms with Crippen LogP contribution in [-0.2, 0) is 18.3 Å². The first-order valence-electron chi connectivity index (χ1n) is 10.6. The van der Waals surface area contributed by atoms with Crippen molar-refractivity contribution in [3.05, 3.63) is 59.4 Å². The number of nitrogens with zero attached hydrogens (tertiary/aromatic N) is 5. The molecule has 3 heterocycles. The second-order valence-electron chi connectivity index (χ2n) is 7.71. The van der Waals surface area contributed by atoms with Crippen LogP contribution in [0.2, 0.25) is 0 Å². The van der Waals surface area contributed by atoms with Gasteiger partial charge in [-0.2, -0.15) is 10.1 Å². The van der Waals surface area contributed by atoms with E-state index in [1.165, 1.54) is 17.3 Å². The van der Waals surface area contributed by atoms with Gasteiger partial charge in [0.25, 0.3) is 5.91 Å². The summed E-state index contributed by atoms with van der Waals surface area (Å²) in [6.07, 6.45) is 3.94. The summed E-state index contributed by atoms with van der Waals surface area (Å²) in [6, 6.07) is 9.94. The van der Waals surface area contributed by atoms with Gasteiger partial charge < -0.3 is 14.8 Å². The largest absolute Gasteiger partial charge is 0.480 e. The molecule has 3 aromatic heterocycles. The Bertz CT molecular complexity index is 1300. The molecule has 1 amide bonds. The first kappa shape index (κ1) is 22.2. The van der Waals surface area contributed by atoms with Crippen LogP contribution in [0.3, 0.4) is 0 Å². The van der Waals surface area contributed by atoms with E-state index in [2.05, 4.69) is 44.4 Å². The van der Waals surface area contributed by atoms with E-state index in [1.807, 2.05) is 19.1 Å². The molecule has 170 valence electrons. The third-order valence-electron chi connectivity index (χ3n) is 5.36. The van der Waals surface area contributed by atoms with Gasteiger partial charge in [-0.3, -0.25) is 9.78 Å². The molecule has 1 aromatic carbocycles. The fourth-order valence-corrected chi connectivity index (χ4v) is 3.63. The molecule has 0 spiro atoms. The zero-order valence-corrected chi connectivity index (χ0v) is 19.1. The molecule has 4 aromatic rings. The molecule has 0 aliphatic rings. The average Bonchev–Trinajstić information content (AvgIpc) is 3.16. The van der Waals surface area contributed by atoms with Crippen LogP contribution in [0.15, 0.2) is 42.7 Å². The Hall–Kier alpha value is -4.01. The number of aryl methyl sites for hydroxylation is 3. The van der Waals surface area contributed by atoms with Crippen LogP contribution < -0.4 is 14.8 Å². The van der Waals surface area contributed by atoms with Crippen LogP contribution in [0.1, 0.15) is 16.7 Å². The normalized spacial score (nSPS) is 10.9. The highest BCUT2D eigenvalue weighted by molar-refractivity contribution is 5.93. The van der Waals surface area contributed by atoms with Crippen molar-refractivity contribution in [2.24, 2.45) is 7.05 Å². The van der Waals surface area contributed by atoms with E-state index in [0.29, 0.717) is 35.3 Å². The highest BCUT2D eigenvalue weighted by atomic mass is 16.5. The van der Waals surface area contributed by atoms with Gasteiger partial charge in [0, 0.05) is 19.7 Å². The molecule has 9 heteroatoms. The van der Waals surface area contributed by atoms with Crippen LogP contribution in [0.5, 0.6) is 11.8 Å². The van der Waals surface area contributed by atoms with Gasteiger partial charge in [-0.15, -0.1) is 0 Å². The zero-order chi connectivity index (χ0) is 23.4. The maximum absolute atomic E-state index is 12.2. The van der Waals surface area contributed by atoms with Gasteiger partial charge in [0.05, 0.1) is 24.9 Å². The van der Waals surface area contributed by atoms with Gasteiger partial charge in [-0.25, -0.2) is 9.67 Å². The van der Waals surface area contributed by atoms with E-state index in [9.17, 15) is 4.79 Å². The number of carbonyl (C=O) groups excluding carboxylic acids is 1. The molecule has 9 nitrogen and oxygen atoms in total. The Morgan fingerprint density at radius 1 is 1.09 bits per heavy atom. The lowest BCUT2D eigenvalue weighted by Gasteiger charge is -2.09. The number of carbonyl (C=O) groups is 1. The second kappa shape index (κ2) is 9.64. The Morgan fingerprint density at radius 3 is 2.70 bits per heavy atom. The number of nitrogens with one attached hydrogen (secondary N) is 1. The van der Waals surface area contributed by atoms with Crippen LogP contribution in [0.25, 0.3) is 22.4 Å². The lowest BCUT2D eigenvalue weighted by Crippen LogP contribution is -2.30. The molecule has 0 saturated carbocycles. The van der Waals surface area contributed by atoms with Gasteiger partial charge in [0.15, 0.2) is 12.3 Å². The number of hydrogen-bond acceptors (Lipinski definition) is 7. The van der Waals surface area contributed by atoms with Crippen molar-refractivity contribution in [1.82, 2.24) is 30.0 Å². The van der Waals surface area contributed by atoms with Crippen molar-refractivity contribution >= 4 is 16.9 Å².